The Balaban J connectivity index is 2.21. The molecule has 6 heteroatoms. The maximum Gasteiger partial charge on any atom is 0.242 e. The lowest BCUT2D eigenvalue weighted by atomic mass is 10.0. The van der Waals surface area contributed by atoms with E-state index in [1.54, 1.807) is 13.4 Å². The number of hydrogen-bond acceptors (Lipinski definition) is 5. The molecule has 1 amide bonds. The van der Waals surface area contributed by atoms with E-state index in [1.807, 2.05) is 13.0 Å². The molecule has 0 radical (unpaired) electrons. The number of nitrogens with zero attached hydrogens (tertiary/aromatic N) is 3. The van der Waals surface area contributed by atoms with Crippen LogP contribution in [-0.4, -0.2) is 42.1 Å². The molecular weight excluding hydrogens is 242 g/mol. The molecule has 1 aliphatic heterocycles. The van der Waals surface area contributed by atoms with Crippen molar-refractivity contribution in [3.63, 3.8) is 0 Å². The Bertz CT molecular complexity index is 437. The minimum atomic E-state index is -0.122. The Morgan fingerprint density at radius 2 is 2.32 bits per heavy atom. The van der Waals surface area contributed by atoms with Crippen LogP contribution in [0.4, 0.5) is 11.6 Å². The van der Waals surface area contributed by atoms with E-state index in [9.17, 15) is 4.79 Å². The van der Waals surface area contributed by atoms with Crippen LogP contribution in [0.5, 0.6) is 0 Å². The summed E-state index contributed by atoms with van der Waals surface area (Å²) in [5.41, 5.74) is 0. The maximum absolute atomic E-state index is 11.9. The molecule has 1 aromatic rings. The van der Waals surface area contributed by atoms with E-state index in [-0.39, 0.29) is 11.9 Å². The highest BCUT2D eigenvalue weighted by Crippen LogP contribution is 2.24. The predicted octanol–water partition coefficient (Wildman–Crippen LogP) is 1.01. The van der Waals surface area contributed by atoms with Gasteiger partial charge in [0.2, 0.25) is 5.91 Å². The lowest BCUT2D eigenvalue weighted by molar-refractivity contribution is -0.122. The number of anilines is 2. The second-order valence-corrected chi connectivity index (χ2v) is 4.61. The maximum atomic E-state index is 11.9. The van der Waals surface area contributed by atoms with Gasteiger partial charge in [0.15, 0.2) is 0 Å². The van der Waals surface area contributed by atoms with Crippen LogP contribution in [0.3, 0.4) is 0 Å². The average molecular weight is 263 g/mol. The van der Waals surface area contributed by atoms with E-state index < -0.39 is 0 Å². The van der Waals surface area contributed by atoms with Crippen LogP contribution in [-0.2, 0) is 4.79 Å². The van der Waals surface area contributed by atoms with Gasteiger partial charge in [-0.1, -0.05) is 0 Å². The SMILES string of the molecule is CCNc1cc(N2CCCCC2C(=O)NC)ncn1. The van der Waals surface area contributed by atoms with Gasteiger partial charge in [0.1, 0.15) is 24.0 Å². The number of nitrogens with one attached hydrogen (secondary N) is 2. The Hall–Kier alpha value is -1.85. The molecule has 19 heavy (non-hydrogen) atoms. The fourth-order valence-corrected chi connectivity index (χ4v) is 2.43. The van der Waals surface area contributed by atoms with Crippen molar-refractivity contribution in [1.29, 1.82) is 0 Å². The highest BCUT2D eigenvalue weighted by Gasteiger charge is 2.29. The molecule has 0 aromatic carbocycles. The van der Waals surface area contributed by atoms with E-state index in [4.69, 9.17) is 0 Å². The molecule has 0 bridgehead atoms. The molecule has 2 heterocycles. The fraction of sp³-hybridized carbons (Fsp3) is 0.615. The van der Waals surface area contributed by atoms with Crippen molar-refractivity contribution in [3.8, 4) is 0 Å². The number of likely N-dealkylation sites (N-methyl/N-ethyl adjacent to an activating group) is 1. The van der Waals surface area contributed by atoms with Crippen LogP contribution in [0.15, 0.2) is 12.4 Å². The number of carbonyl (C=O) groups excluding carboxylic acids is 1. The van der Waals surface area contributed by atoms with Gasteiger partial charge in [0, 0.05) is 26.2 Å². The van der Waals surface area contributed by atoms with Crippen LogP contribution >= 0.6 is 0 Å². The van der Waals surface area contributed by atoms with Gasteiger partial charge in [-0.3, -0.25) is 4.79 Å². The standard InChI is InChI=1S/C13H21N5O/c1-3-15-11-8-12(17-9-16-11)18-7-5-4-6-10(18)13(19)14-2/h8-10H,3-7H2,1-2H3,(H,14,19)(H,15,16,17). The van der Waals surface area contributed by atoms with Gasteiger partial charge in [-0.2, -0.15) is 0 Å². The first-order valence-electron chi connectivity index (χ1n) is 6.80. The van der Waals surface area contributed by atoms with Crippen LogP contribution in [0.1, 0.15) is 26.2 Å². The van der Waals surface area contributed by atoms with Crippen molar-refractivity contribution >= 4 is 17.5 Å². The third kappa shape index (κ3) is 3.13. The van der Waals surface area contributed by atoms with Crippen LogP contribution < -0.4 is 15.5 Å². The first-order chi connectivity index (χ1) is 9.26. The first-order valence-corrected chi connectivity index (χ1v) is 6.80. The number of hydrogen-bond donors (Lipinski definition) is 2. The van der Waals surface area contributed by atoms with Crippen LogP contribution in [0, 0.1) is 0 Å². The predicted molar refractivity (Wildman–Crippen MR) is 75.2 cm³/mol. The summed E-state index contributed by atoms with van der Waals surface area (Å²) in [6, 6.07) is 1.79. The van der Waals surface area contributed by atoms with Crippen LogP contribution in [0.25, 0.3) is 0 Å². The zero-order valence-electron chi connectivity index (χ0n) is 11.5. The first kappa shape index (κ1) is 13.6. The number of piperidine rings is 1. The Morgan fingerprint density at radius 3 is 3.05 bits per heavy atom. The van der Waals surface area contributed by atoms with Crippen molar-refractivity contribution in [2.75, 3.05) is 30.4 Å². The molecule has 1 unspecified atom stereocenters. The van der Waals surface area contributed by atoms with Gasteiger partial charge >= 0.3 is 0 Å². The molecule has 0 saturated carbocycles. The molecule has 1 aliphatic rings. The molecule has 1 aromatic heterocycles. The number of aromatic nitrogens is 2. The molecule has 2 rings (SSSR count). The van der Waals surface area contributed by atoms with Gasteiger partial charge in [-0.25, -0.2) is 9.97 Å². The quantitative estimate of drug-likeness (QED) is 0.848. The zero-order valence-corrected chi connectivity index (χ0v) is 11.5. The molecule has 1 saturated heterocycles. The lowest BCUT2D eigenvalue weighted by Crippen LogP contribution is -2.49. The third-order valence-corrected chi connectivity index (χ3v) is 3.36. The van der Waals surface area contributed by atoms with Crippen molar-refractivity contribution in [2.24, 2.45) is 0 Å². The van der Waals surface area contributed by atoms with Gasteiger partial charge in [0.05, 0.1) is 0 Å². The zero-order chi connectivity index (χ0) is 13.7. The van der Waals surface area contributed by atoms with Crippen molar-refractivity contribution < 1.29 is 4.79 Å². The minimum Gasteiger partial charge on any atom is -0.370 e. The summed E-state index contributed by atoms with van der Waals surface area (Å²) in [4.78, 5) is 22.5. The van der Waals surface area contributed by atoms with Gasteiger partial charge in [0.25, 0.3) is 0 Å². The Kier molecular flexibility index (Phi) is 4.54. The summed E-state index contributed by atoms with van der Waals surface area (Å²) >= 11 is 0. The summed E-state index contributed by atoms with van der Waals surface area (Å²) in [5, 5.41) is 5.90. The van der Waals surface area contributed by atoms with Gasteiger partial charge < -0.3 is 15.5 Å². The average Bonchev–Trinajstić information content (AvgIpc) is 2.47. The highest BCUT2D eigenvalue weighted by molar-refractivity contribution is 5.85. The number of rotatable bonds is 4. The number of carbonyl (C=O) groups is 1. The van der Waals surface area contributed by atoms with Crippen molar-refractivity contribution in [3.05, 3.63) is 12.4 Å². The van der Waals surface area contributed by atoms with E-state index in [1.165, 1.54) is 0 Å². The van der Waals surface area contributed by atoms with E-state index in [0.717, 1.165) is 44.0 Å². The molecule has 2 N–H and O–H groups in total. The highest BCUT2D eigenvalue weighted by atomic mass is 16.2. The molecule has 1 fully saturated rings. The largest absolute Gasteiger partial charge is 0.370 e. The second-order valence-electron chi connectivity index (χ2n) is 4.61. The van der Waals surface area contributed by atoms with E-state index in [2.05, 4.69) is 25.5 Å². The van der Waals surface area contributed by atoms with Gasteiger partial charge in [-0.15, -0.1) is 0 Å². The van der Waals surface area contributed by atoms with Crippen molar-refractivity contribution in [1.82, 2.24) is 15.3 Å². The monoisotopic (exact) mass is 263 g/mol. The molecule has 104 valence electrons. The second kappa shape index (κ2) is 6.36. The third-order valence-electron chi connectivity index (χ3n) is 3.36. The fourth-order valence-electron chi connectivity index (χ4n) is 2.43. The molecule has 0 spiro atoms. The summed E-state index contributed by atoms with van der Waals surface area (Å²) in [6.45, 7) is 3.70. The van der Waals surface area contributed by atoms with E-state index in [0.29, 0.717) is 0 Å². The number of amides is 1. The minimum absolute atomic E-state index is 0.0586. The smallest absolute Gasteiger partial charge is 0.242 e. The summed E-state index contributed by atoms with van der Waals surface area (Å²) in [5.74, 6) is 1.68. The lowest BCUT2D eigenvalue weighted by Gasteiger charge is -2.35. The Labute approximate surface area is 113 Å². The molecule has 0 aliphatic carbocycles. The van der Waals surface area contributed by atoms with Gasteiger partial charge in [-0.05, 0) is 26.2 Å². The summed E-state index contributed by atoms with van der Waals surface area (Å²) in [6.07, 6.45) is 4.59. The summed E-state index contributed by atoms with van der Waals surface area (Å²) < 4.78 is 0. The molecule has 1 atom stereocenters. The molecule has 6 nitrogen and oxygen atoms in total. The van der Waals surface area contributed by atoms with Crippen molar-refractivity contribution in [2.45, 2.75) is 32.2 Å². The summed E-state index contributed by atoms with van der Waals surface area (Å²) in [7, 11) is 1.68. The normalized spacial score (nSPS) is 19.1. The molecular formula is C13H21N5O. The van der Waals surface area contributed by atoms with E-state index >= 15 is 0 Å². The topological polar surface area (TPSA) is 70.2 Å². The Morgan fingerprint density at radius 1 is 1.47 bits per heavy atom. The van der Waals surface area contributed by atoms with Crippen LogP contribution in [0.2, 0.25) is 0 Å².